The molecular formula is C12H12N4S. The van der Waals surface area contributed by atoms with E-state index in [4.69, 9.17) is 5.73 Å². The van der Waals surface area contributed by atoms with Crippen LogP contribution in [0.5, 0.6) is 0 Å². The topological polar surface area (TPSA) is 56.2 Å². The Balaban J connectivity index is 2.25. The maximum atomic E-state index is 5.60. The smallest absolute Gasteiger partial charge is 0.106 e. The second-order valence-electron chi connectivity index (χ2n) is 3.89. The summed E-state index contributed by atoms with van der Waals surface area (Å²) in [6.07, 6.45) is 5.54. The fraction of sp³-hybridized carbons (Fsp3) is 0.167. The van der Waals surface area contributed by atoms with Gasteiger partial charge in [-0.3, -0.25) is 4.98 Å². The summed E-state index contributed by atoms with van der Waals surface area (Å²) in [5.74, 6) is 0. The molecular weight excluding hydrogens is 232 g/mol. The van der Waals surface area contributed by atoms with Crippen LogP contribution in [0.25, 0.3) is 16.2 Å². The minimum Gasteiger partial charge on any atom is -0.325 e. The monoisotopic (exact) mass is 244 g/mol. The number of nitrogens with zero attached hydrogens (tertiary/aromatic N) is 3. The first-order valence-corrected chi connectivity index (χ1v) is 6.24. The summed E-state index contributed by atoms with van der Waals surface area (Å²) in [7, 11) is 0. The Morgan fingerprint density at radius 1 is 1.41 bits per heavy atom. The summed E-state index contributed by atoms with van der Waals surface area (Å²) >= 11 is 1.72. The van der Waals surface area contributed by atoms with Crippen molar-refractivity contribution >= 4 is 16.2 Å². The number of hydrogen-bond acceptors (Lipinski definition) is 4. The standard InChI is InChI=1S/C12H12N4S/c1-8-4-11-16(2-3-17-11)12(8)10-7-14-6-9(5-13)15-10/h2-4,6-7H,5,13H2,1H3. The van der Waals surface area contributed by atoms with Gasteiger partial charge in [-0.2, -0.15) is 0 Å². The second-order valence-corrected chi connectivity index (χ2v) is 4.81. The van der Waals surface area contributed by atoms with Gasteiger partial charge in [0.2, 0.25) is 0 Å². The highest BCUT2D eigenvalue weighted by molar-refractivity contribution is 7.15. The quantitative estimate of drug-likeness (QED) is 0.752. The van der Waals surface area contributed by atoms with Crippen molar-refractivity contribution in [1.29, 1.82) is 0 Å². The maximum absolute atomic E-state index is 5.60. The lowest BCUT2D eigenvalue weighted by Gasteiger charge is -2.03. The number of fused-ring (bicyclic) bond motifs is 1. The molecule has 0 saturated heterocycles. The van der Waals surface area contributed by atoms with Crippen LogP contribution < -0.4 is 5.73 Å². The van der Waals surface area contributed by atoms with E-state index in [0.29, 0.717) is 6.54 Å². The predicted octanol–water partition coefficient (Wildman–Crippen LogP) is 2.22. The van der Waals surface area contributed by atoms with E-state index in [0.717, 1.165) is 17.1 Å². The third-order valence-electron chi connectivity index (χ3n) is 2.73. The zero-order chi connectivity index (χ0) is 11.8. The van der Waals surface area contributed by atoms with E-state index in [2.05, 4.69) is 38.9 Å². The molecule has 86 valence electrons. The van der Waals surface area contributed by atoms with Crippen LogP contribution in [0.2, 0.25) is 0 Å². The molecule has 0 amide bonds. The van der Waals surface area contributed by atoms with E-state index in [1.165, 1.54) is 10.4 Å². The predicted molar refractivity (Wildman–Crippen MR) is 68.9 cm³/mol. The van der Waals surface area contributed by atoms with Crippen LogP contribution in [0, 0.1) is 6.92 Å². The number of hydrogen-bond donors (Lipinski definition) is 1. The molecule has 5 heteroatoms. The van der Waals surface area contributed by atoms with Gasteiger partial charge in [-0.25, -0.2) is 4.98 Å². The summed E-state index contributed by atoms with van der Waals surface area (Å²) in [5.41, 5.74) is 9.60. The number of aryl methyl sites for hydroxylation is 1. The lowest BCUT2D eigenvalue weighted by molar-refractivity contribution is 0.962. The van der Waals surface area contributed by atoms with Crippen LogP contribution >= 0.6 is 11.3 Å². The minimum absolute atomic E-state index is 0.415. The van der Waals surface area contributed by atoms with Crippen molar-refractivity contribution in [3.63, 3.8) is 0 Å². The van der Waals surface area contributed by atoms with Crippen LogP contribution in [-0.4, -0.2) is 14.4 Å². The van der Waals surface area contributed by atoms with Crippen molar-refractivity contribution in [2.75, 3.05) is 0 Å². The van der Waals surface area contributed by atoms with Crippen LogP contribution in [0.1, 0.15) is 11.3 Å². The van der Waals surface area contributed by atoms with Crippen LogP contribution in [0.15, 0.2) is 30.0 Å². The van der Waals surface area contributed by atoms with Gasteiger partial charge in [-0.05, 0) is 18.6 Å². The SMILES string of the molecule is Cc1cc2sccn2c1-c1cncc(CN)n1. The average molecular weight is 244 g/mol. The van der Waals surface area contributed by atoms with Gasteiger partial charge in [-0.15, -0.1) is 11.3 Å². The number of nitrogens with two attached hydrogens (primary N) is 1. The van der Waals surface area contributed by atoms with E-state index < -0.39 is 0 Å². The van der Waals surface area contributed by atoms with E-state index in [1.807, 2.05) is 0 Å². The molecule has 3 rings (SSSR count). The van der Waals surface area contributed by atoms with Gasteiger partial charge in [0, 0.05) is 24.3 Å². The summed E-state index contributed by atoms with van der Waals surface area (Å²) < 4.78 is 2.14. The summed E-state index contributed by atoms with van der Waals surface area (Å²) in [5, 5.41) is 2.07. The Morgan fingerprint density at radius 3 is 3.12 bits per heavy atom. The molecule has 0 saturated carbocycles. The van der Waals surface area contributed by atoms with Gasteiger partial charge in [0.25, 0.3) is 0 Å². The first-order chi connectivity index (χ1) is 8.29. The molecule has 0 unspecified atom stereocenters. The van der Waals surface area contributed by atoms with Crippen molar-refractivity contribution < 1.29 is 0 Å². The Labute approximate surface area is 103 Å². The van der Waals surface area contributed by atoms with Gasteiger partial charge in [0.15, 0.2) is 0 Å². The lowest BCUT2D eigenvalue weighted by atomic mass is 10.2. The van der Waals surface area contributed by atoms with Crippen molar-refractivity contribution in [3.8, 4) is 11.4 Å². The first kappa shape index (κ1) is 10.4. The molecule has 0 aliphatic heterocycles. The van der Waals surface area contributed by atoms with Crippen LogP contribution in [0.4, 0.5) is 0 Å². The molecule has 4 nitrogen and oxygen atoms in total. The summed E-state index contributed by atoms with van der Waals surface area (Å²) in [6, 6.07) is 2.16. The molecule has 2 N–H and O–H groups in total. The van der Waals surface area contributed by atoms with Gasteiger partial charge < -0.3 is 10.1 Å². The average Bonchev–Trinajstić information content (AvgIpc) is 2.88. The highest BCUT2D eigenvalue weighted by Crippen LogP contribution is 2.27. The Morgan fingerprint density at radius 2 is 2.29 bits per heavy atom. The highest BCUT2D eigenvalue weighted by Gasteiger charge is 2.11. The molecule has 0 radical (unpaired) electrons. The molecule has 0 bridgehead atoms. The lowest BCUT2D eigenvalue weighted by Crippen LogP contribution is -2.02. The van der Waals surface area contributed by atoms with Gasteiger partial charge in [0.1, 0.15) is 5.69 Å². The Bertz CT molecular complexity index is 668. The first-order valence-electron chi connectivity index (χ1n) is 5.36. The summed E-state index contributed by atoms with van der Waals surface area (Å²) in [6.45, 7) is 2.50. The van der Waals surface area contributed by atoms with Gasteiger partial charge >= 0.3 is 0 Å². The molecule has 0 aliphatic carbocycles. The third kappa shape index (κ3) is 1.64. The molecule has 3 heterocycles. The van der Waals surface area contributed by atoms with Crippen molar-refractivity contribution in [2.45, 2.75) is 13.5 Å². The molecule has 0 fully saturated rings. The van der Waals surface area contributed by atoms with Crippen molar-refractivity contribution in [3.05, 3.63) is 41.3 Å². The Kier molecular flexibility index (Phi) is 2.42. The molecule has 0 aliphatic rings. The molecule has 0 spiro atoms. The molecule has 17 heavy (non-hydrogen) atoms. The fourth-order valence-corrected chi connectivity index (χ4v) is 2.80. The number of thiazole rings is 1. The normalized spacial score (nSPS) is 11.2. The minimum atomic E-state index is 0.415. The highest BCUT2D eigenvalue weighted by atomic mass is 32.1. The maximum Gasteiger partial charge on any atom is 0.106 e. The zero-order valence-corrected chi connectivity index (χ0v) is 10.2. The van der Waals surface area contributed by atoms with Crippen molar-refractivity contribution in [1.82, 2.24) is 14.4 Å². The Hall–Kier alpha value is -1.72. The molecule has 0 aromatic carbocycles. The van der Waals surface area contributed by atoms with Crippen molar-refractivity contribution in [2.24, 2.45) is 5.73 Å². The molecule has 3 aromatic rings. The summed E-state index contributed by atoms with van der Waals surface area (Å²) in [4.78, 5) is 9.93. The zero-order valence-electron chi connectivity index (χ0n) is 9.42. The third-order valence-corrected chi connectivity index (χ3v) is 3.54. The van der Waals surface area contributed by atoms with E-state index in [9.17, 15) is 0 Å². The van der Waals surface area contributed by atoms with Gasteiger partial charge in [-0.1, -0.05) is 0 Å². The van der Waals surface area contributed by atoms with E-state index in [-0.39, 0.29) is 0 Å². The van der Waals surface area contributed by atoms with Crippen LogP contribution in [-0.2, 0) is 6.54 Å². The molecule has 3 aromatic heterocycles. The fourth-order valence-electron chi connectivity index (χ4n) is 1.97. The largest absolute Gasteiger partial charge is 0.325 e. The number of aromatic nitrogens is 3. The molecule has 0 atom stereocenters. The van der Waals surface area contributed by atoms with Gasteiger partial charge in [0.05, 0.1) is 22.4 Å². The van der Waals surface area contributed by atoms with E-state index in [1.54, 1.807) is 23.7 Å². The van der Waals surface area contributed by atoms with E-state index >= 15 is 0 Å². The number of rotatable bonds is 2. The second kappa shape index (κ2) is 3.94. The van der Waals surface area contributed by atoms with Crippen LogP contribution in [0.3, 0.4) is 0 Å².